The van der Waals surface area contributed by atoms with Crippen LogP contribution in [0.3, 0.4) is 0 Å². The highest BCUT2D eigenvalue weighted by atomic mass is 32.1. The fourth-order valence-corrected chi connectivity index (χ4v) is 6.22. The molecule has 1 aliphatic heterocycles. The molecule has 1 saturated carbocycles. The first-order valence-electron chi connectivity index (χ1n) is 12.9. The van der Waals surface area contributed by atoms with Gasteiger partial charge in [-0.2, -0.15) is 0 Å². The van der Waals surface area contributed by atoms with Crippen LogP contribution in [0.1, 0.15) is 34.6 Å². The zero-order chi connectivity index (χ0) is 27.8. The Hall–Kier alpha value is -4.77. The van der Waals surface area contributed by atoms with Gasteiger partial charge in [0.25, 0.3) is 5.91 Å². The van der Waals surface area contributed by atoms with Crippen molar-refractivity contribution in [3.63, 3.8) is 0 Å². The van der Waals surface area contributed by atoms with Crippen LogP contribution in [-0.2, 0) is 4.79 Å². The second kappa shape index (κ2) is 10.4. The number of carbonyl (C=O) groups is 3. The third kappa shape index (κ3) is 4.64. The van der Waals surface area contributed by atoms with Gasteiger partial charge in [0.05, 0.1) is 28.1 Å². The lowest BCUT2D eigenvalue weighted by Crippen LogP contribution is -2.48. The summed E-state index contributed by atoms with van der Waals surface area (Å²) in [4.78, 5) is 50.3. The number of urea groups is 1. The number of rotatable bonds is 7. The average molecular weight is 555 g/mol. The zero-order valence-corrected chi connectivity index (χ0v) is 22.5. The summed E-state index contributed by atoms with van der Waals surface area (Å²) in [6.07, 6.45) is 5.24. The number of nitrogens with one attached hydrogen (secondary N) is 3. The number of ether oxygens (including phenoxy) is 1. The molecule has 1 aliphatic carbocycles. The van der Waals surface area contributed by atoms with Crippen molar-refractivity contribution in [2.75, 3.05) is 10.2 Å². The number of amides is 4. The molecule has 4 heterocycles. The van der Waals surface area contributed by atoms with Gasteiger partial charge in [0, 0.05) is 24.3 Å². The molecule has 3 N–H and O–H groups in total. The predicted octanol–water partition coefficient (Wildman–Crippen LogP) is 5.43. The van der Waals surface area contributed by atoms with E-state index in [0.29, 0.717) is 49.5 Å². The number of para-hydroxylation sites is 1. The molecule has 40 heavy (non-hydrogen) atoms. The first-order chi connectivity index (χ1) is 19.4. The molecule has 0 saturated heterocycles. The molecule has 10 nitrogen and oxygen atoms in total. The van der Waals surface area contributed by atoms with E-state index in [0.717, 1.165) is 19.3 Å². The van der Waals surface area contributed by atoms with Crippen molar-refractivity contribution >= 4 is 56.5 Å². The van der Waals surface area contributed by atoms with Crippen molar-refractivity contribution in [1.29, 1.82) is 0 Å². The van der Waals surface area contributed by atoms with Crippen molar-refractivity contribution in [2.45, 2.75) is 38.3 Å². The van der Waals surface area contributed by atoms with Crippen molar-refractivity contribution in [1.82, 2.24) is 20.6 Å². The highest BCUT2D eigenvalue weighted by molar-refractivity contribution is 7.21. The normalized spacial score (nSPS) is 17.8. The molecule has 4 aromatic rings. The van der Waals surface area contributed by atoms with Gasteiger partial charge >= 0.3 is 6.03 Å². The number of benzene rings is 1. The van der Waals surface area contributed by atoms with E-state index >= 15 is 0 Å². The first-order valence-corrected chi connectivity index (χ1v) is 13.7. The standard InChI is InChI=1S/C29H26N6O4S/c1-3-22(36)32-18-10-7-11-19(18)33-27(37)26-25-24-21(14-15-30-28(24)40-26)35(29(38)34-25)20-12-13-23(31-16(20)2)39-17-8-5-4-6-9-17/h3-6,8-9,12-15,18-19H,1,7,10-11H2,2H3,(H,32,36)(H,33,37)(H,34,38)/t18?,19-/m1/s1. The fourth-order valence-electron chi connectivity index (χ4n) is 5.20. The number of aryl methyl sites for hydroxylation is 1. The van der Waals surface area contributed by atoms with Gasteiger partial charge in [-0.15, -0.1) is 11.3 Å². The van der Waals surface area contributed by atoms with Gasteiger partial charge in [-0.3, -0.25) is 14.5 Å². The van der Waals surface area contributed by atoms with Crippen LogP contribution in [0.15, 0.2) is 67.4 Å². The SMILES string of the molecule is C=CC(=O)NC1CCC[C@H]1NC(=O)c1sc2nccc3c2c1NC(=O)N3c1ccc(Oc2ccccc2)nc1C. The number of nitrogens with zero attached hydrogens (tertiary/aromatic N) is 3. The third-order valence-electron chi connectivity index (χ3n) is 7.04. The molecule has 1 unspecified atom stereocenters. The van der Waals surface area contributed by atoms with Crippen LogP contribution < -0.4 is 25.6 Å². The second-order valence-electron chi connectivity index (χ2n) is 9.58. The van der Waals surface area contributed by atoms with Crippen LogP contribution in [0.2, 0.25) is 0 Å². The molecule has 202 valence electrons. The number of aromatic nitrogens is 2. The lowest BCUT2D eigenvalue weighted by Gasteiger charge is -2.29. The number of anilines is 3. The van der Waals surface area contributed by atoms with Crippen molar-refractivity contribution < 1.29 is 19.1 Å². The molecule has 0 spiro atoms. The molecule has 6 rings (SSSR count). The van der Waals surface area contributed by atoms with Crippen LogP contribution in [0.5, 0.6) is 11.6 Å². The number of hydrogen-bond acceptors (Lipinski definition) is 7. The molecular formula is C29H26N6O4S. The van der Waals surface area contributed by atoms with Gasteiger partial charge in [-0.1, -0.05) is 24.8 Å². The van der Waals surface area contributed by atoms with E-state index in [4.69, 9.17) is 4.74 Å². The van der Waals surface area contributed by atoms with E-state index in [1.54, 1.807) is 24.4 Å². The summed E-state index contributed by atoms with van der Waals surface area (Å²) in [6.45, 7) is 5.31. The van der Waals surface area contributed by atoms with Gasteiger partial charge in [-0.25, -0.2) is 14.8 Å². The summed E-state index contributed by atoms with van der Waals surface area (Å²) in [5, 5.41) is 9.55. The van der Waals surface area contributed by atoms with Crippen molar-refractivity contribution in [2.24, 2.45) is 0 Å². The second-order valence-corrected chi connectivity index (χ2v) is 10.6. The maximum absolute atomic E-state index is 13.5. The van der Waals surface area contributed by atoms with Gasteiger partial charge in [0.1, 0.15) is 15.5 Å². The summed E-state index contributed by atoms with van der Waals surface area (Å²) in [5.41, 5.74) is 2.22. The van der Waals surface area contributed by atoms with Crippen LogP contribution in [0, 0.1) is 6.92 Å². The highest BCUT2D eigenvalue weighted by Gasteiger charge is 2.35. The molecule has 0 bridgehead atoms. The van der Waals surface area contributed by atoms with Crippen LogP contribution in [0.4, 0.5) is 21.9 Å². The van der Waals surface area contributed by atoms with Crippen LogP contribution >= 0.6 is 11.3 Å². The molecule has 0 radical (unpaired) electrons. The molecular weight excluding hydrogens is 528 g/mol. The van der Waals surface area contributed by atoms with E-state index in [-0.39, 0.29) is 23.9 Å². The topological polar surface area (TPSA) is 126 Å². The number of thiophene rings is 1. The molecule has 2 atom stereocenters. The Morgan fingerprint density at radius 2 is 1.88 bits per heavy atom. The van der Waals surface area contributed by atoms with Crippen molar-refractivity contribution in [3.05, 3.63) is 78.0 Å². The predicted molar refractivity (Wildman–Crippen MR) is 154 cm³/mol. The van der Waals surface area contributed by atoms with Gasteiger partial charge in [0.2, 0.25) is 11.8 Å². The molecule has 1 fully saturated rings. The number of carbonyl (C=O) groups excluding carboxylic acids is 3. The highest BCUT2D eigenvalue weighted by Crippen LogP contribution is 2.46. The summed E-state index contributed by atoms with van der Waals surface area (Å²) in [5.74, 6) is 0.486. The van der Waals surface area contributed by atoms with Gasteiger partial charge in [0.15, 0.2) is 0 Å². The molecule has 3 aromatic heterocycles. The van der Waals surface area contributed by atoms with Gasteiger partial charge < -0.3 is 20.7 Å². The molecule has 11 heteroatoms. The minimum atomic E-state index is -0.411. The van der Waals surface area contributed by atoms with E-state index in [9.17, 15) is 14.4 Å². The average Bonchev–Trinajstić information content (AvgIpc) is 3.55. The lowest BCUT2D eigenvalue weighted by atomic mass is 10.1. The Morgan fingerprint density at radius 3 is 2.62 bits per heavy atom. The summed E-state index contributed by atoms with van der Waals surface area (Å²) in [6, 6.07) is 13.8. The van der Waals surface area contributed by atoms with Crippen molar-refractivity contribution in [3.8, 4) is 11.6 Å². The fraction of sp³-hybridized carbons (Fsp3) is 0.207. The van der Waals surface area contributed by atoms with Crippen LogP contribution in [0.25, 0.3) is 10.2 Å². The summed E-state index contributed by atoms with van der Waals surface area (Å²) < 4.78 is 5.85. The monoisotopic (exact) mass is 554 g/mol. The Bertz CT molecular complexity index is 1650. The lowest BCUT2D eigenvalue weighted by molar-refractivity contribution is -0.117. The molecule has 1 aromatic carbocycles. The quantitative estimate of drug-likeness (QED) is 0.262. The Labute approximate surface area is 234 Å². The summed E-state index contributed by atoms with van der Waals surface area (Å²) in [7, 11) is 0. The Kier molecular flexibility index (Phi) is 6.64. The summed E-state index contributed by atoms with van der Waals surface area (Å²) >= 11 is 1.22. The molecule has 4 amide bonds. The number of pyridine rings is 2. The Balaban J connectivity index is 1.30. The maximum Gasteiger partial charge on any atom is 0.331 e. The zero-order valence-electron chi connectivity index (χ0n) is 21.6. The minimum absolute atomic E-state index is 0.178. The molecule has 2 aliphatic rings. The first kappa shape index (κ1) is 25.5. The smallest absolute Gasteiger partial charge is 0.331 e. The van der Waals surface area contributed by atoms with Crippen LogP contribution in [-0.4, -0.2) is 39.9 Å². The Morgan fingerprint density at radius 1 is 1.10 bits per heavy atom. The van der Waals surface area contributed by atoms with E-state index in [2.05, 4.69) is 32.5 Å². The van der Waals surface area contributed by atoms with Gasteiger partial charge in [-0.05, 0) is 56.5 Å². The van der Waals surface area contributed by atoms with E-state index in [1.165, 1.54) is 22.3 Å². The maximum atomic E-state index is 13.5. The largest absolute Gasteiger partial charge is 0.439 e. The van der Waals surface area contributed by atoms with E-state index in [1.807, 2.05) is 37.3 Å². The minimum Gasteiger partial charge on any atom is -0.439 e. The number of hydrogen-bond donors (Lipinski definition) is 3. The third-order valence-corrected chi connectivity index (χ3v) is 8.13. The van der Waals surface area contributed by atoms with E-state index < -0.39 is 6.03 Å².